The molecule has 0 saturated carbocycles. The Hall–Kier alpha value is -2.48. The maximum Gasteiger partial charge on any atom is 0.342 e. The molecule has 0 saturated heterocycles. The molecule has 1 heterocycles. The molecule has 0 aliphatic rings. The van der Waals surface area contributed by atoms with Crippen LogP contribution in [0.3, 0.4) is 0 Å². The zero-order valence-electron chi connectivity index (χ0n) is 10.4. The van der Waals surface area contributed by atoms with E-state index in [0.29, 0.717) is 0 Å². The second-order valence-electron chi connectivity index (χ2n) is 4.00. The number of anilines is 1. The number of thiazole rings is 1. The number of carboxylic acid groups (broad SMARTS) is 1. The molecule has 1 aromatic carbocycles. The standard InChI is InChI=1S/C12H11N3O4S/c1-7(11-13-5-6-20-11)14-9-4-2-3-8(12(16)17)10(9)15(18)19/h2-7,14H,1H3,(H,16,17). The third-order valence-electron chi connectivity index (χ3n) is 2.64. The Morgan fingerprint density at radius 3 is 2.85 bits per heavy atom. The predicted octanol–water partition coefficient (Wildman–Crippen LogP) is 2.92. The van der Waals surface area contributed by atoms with Crippen LogP contribution in [0.25, 0.3) is 0 Å². The number of rotatable bonds is 5. The molecule has 104 valence electrons. The highest BCUT2D eigenvalue weighted by molar-refractivity contribution is 7.09. The van der Waals surface area contributed by atoms with Gasteiger partial charge in [0.15, 0.2) is 0 Å². The van der Waals surface area contributed by atoms with Gasteiger partial charge in [-0.25, -0.2) is 9.78 Å². The molecule has 0 aliphatic carbocycles. The molecule has 2 rings (SSSR count). The van der Waals surface area contributed by atoms with E-state index in [1.807, 2.05) is 0 Å². The van der Waals surface area contributed by atoms with Crippen molar-refractivity contribution in [2.45, 2.75) is 13.0 Å². The third-order valence-corrected chi connectivity index (χ3v) is 3.60. The highest BCUT2D eigenvalue weighted by Crippen LogP contribution is 2.31. The highest BCUT2D eigenvalue weighted by Gasteiger charge is 2.25. The quantitative estimate of drug-likeness (QED) is 0.648. The number of aromatic carboxylic acids is 1. The normalized spacial score (nSPS) is 11.8. The lowest BCUT2D eigenvalue weighted by Gasteiger charge is -2.13. The number of hydrogen-bond donors (Lipinski definition) is 2. The number of benzene rings is 1. The Balaban J connectivity index is 2.39. The maximum atomic E-state index is 11.1. The van der Waals surface area contributed by atoms with Crippen LogP contribution in [0.2, 0.25) is 0 Å². The van der Waals surface area contributed by atoms with Crippen LogP contribution in [0.15, 0.2) is 29.8 Å². The summed E-state index contributed by atoms with van der Waals surface area (Å²) >= 11 is 1.42. The SMILES string of the molecule is CC(Nc1cccc(C(=O)O)c1[N+](=O)[O-])c1nccs1. The number of aromatic nitrogens is 1. The van der Waals surface area contributed by atoms with E-state index in [0.717, 1.165) is 5.01 Å². The summed E-state index contributed by atoms with van der Waals surface area (Å²) in [5, 5.41) is 25.6. The summed E-state index contributed by atoms with van der Waals surface area (Å²) in [6.07, 6.45) is 1.64. The molecule has 0 aliphatic heterocycles. The summed E-state index contributed by atoms with van der Waals surface area (Å²) in [5.74, 6) is -1.33. The molecular weight excluding hydrogens is 282 g/mol. The van der Waals surface area contributed by atoms with Gasteiger partial charge < -0.3 is 10.4 Å². The number of hydrogen-bond acceptors (Lipinski definition) is 6. The largest absolute Gasteiger partial charge is 0.477 e. The molecule has 20 heavy (non-hydrogen) atoms. The van der Waals surface area contributed by atoms with Crippen LogP contribution in [0.4, 0.5) is 11.4 Å². The minimum Gasteiger partial charge on any atom is -0.477 e. The van der Waals surface area contributed by atoms with Gasteiger partial charge in [0, 0.05) is 11.6 Å². The number of nitrogens with one attached hydrogen (secondary N) is 1. The van der Waals surface area contributed by atoms with Crippen molar-refractivity contribution in [2.75, 3.05) is 5.32 Å². The molecule has 0 radical (unpaired) electrons. The van der Waals surface area contributed by atoms with Gasteiger partial charge in [-0.05, 0) is 19.1 Å². The predicted molar refractivity (Wildman–Crippen MR) is 74.2 cm³/mol. The number of para-hydroxylation sites is 1. The summed E-state index contributed by atoms with van der Waals surface area (Å²) < 4.78 is 0. The summed E-state index contributed by atoms with van der Waals surface area (Å²) in [6, 6.07) is 3.90. The van der Waals surface area contributed by atoms with Crippen LogP contribution in [0, 0.1) is 10.1 Å². The lowest BCUT2D eigenvalue weighted by Crippen LogP contribution is -2.10. The summed E-state index contributed by atoms with van der Waals surface area (Å²) in [5.41, 5.74) is -0.618. The second-order valence-corrected chi connectivity index (χ2v) is 4.93. The fraction of sp³-hybridized carbons (Fsp3) is 0.167. The maximum absolute atomic E-state index is 11.1. The van der Waals surface area contributed by atoms with E-state index < -0.39 is 16.6 Å². The fourth-order valence-electron chi connectivity index (χ4n) is 1.77. The van der Waals surface area contributed by atoms with E-state index in [1.165, 1.54) is 29.5 Å². The molecule has 0 bridgehead atoms. The van der Waals surface area contributed by atoms with Crippen molar-refractivity contribution >= 4 is 28.7 Å². The molecule has 7 nitrogen and oxygen atoms in total. The first-order valence-electron chi connectivity index (χ1n) is 5.67. The zero-order chi connectivity index (χ0) is 14.7. The molecule has 1 atom stereocenters. The van der Waals surface area contributed by atoms with Gasteiger partial charge in [-0.2, -0.15) is 0 Å². The fourth-order valence-corrected chi connectivity index (χ4v) is 2.42. The van der Waals surface area contributed by atoms with Gasteiger partial charge in [0.25, 0.3) is 0 Å². The molecule has 0 spiro atoms. The van der Waals surface area contributed by atoms with Crippen LogP contribution >= 0.6 is 11.3 Å². The minimum atomic E-state index is -1.33. The van der Waals surface area contributed by atoms with Crippen LogP contribution in [0.5, 0.6) is 0 Å². The summed E-state index contributed by atoms with van der Waals surface area (Å²) in [6.45, 7) is 1.80. The first-order valence-corrected chi connectivity index (χ1v) is 6.55. The van der Waals surface area contributed by atoms with Crippen molar-refractivity contribution < 1.29 is 14.8 Å². The minimum absolute atomic E-state index is 0.164. The molecule has 0 amide bonds. The average molecular weight is 293 g/mol. The third kappa shape index (κ3) is 2.75. The first-order chi connectivity index (χ1) is 9.50. The van der Waals surface area contributed by atoms with Crippen molar-refractivity contribution in [2.24, 2.45) is 0 Å². The van der Waals surface area contributed by atoms with Crippen molar-refractivity contribution in [1.29, 1.82) is 0 Å². The number of nitrogens with zero attached hydrogens (tertiary/aromatic N) is 2. The van der Waals surface area contributed by atoms with E-state index in [1.54, 1.807) is 18.5 Å². The Kier molecular flexibility index (Phi) is 3.94. The Bertz CT molecular complexity index is 642. The molecule has 8 heteroatoms. The number of carboxylic acids is 1. The molecule has 2 aromatic rings. The van der Waals surface area contributed by atoms with Gasteiger partial charge in [-0.3, -0.25) is 10.1 Å². The van der Waals surface area contributed by atoms with Gasteiger partial charge in [0.05, 0.1) is 11.0 Å². The smallest absolute Gasteiger partial charge is 0.342 e. The summed E-state index contributed by atoms with van der Waals surface area (Å²) in [4.78, 5) is 25.6. The monoisotopic (exact) mass is 293 g/mol. The van der Waals surface area contributed by atoms with Gasteiger partial charge in [0.1, 0.15) is 16.3 Å². The Labute approximate surface area is 118 Å². The van der Waals surface area contributed by atoms with E-state index in [2.05, 4.69) is 10.3 Å². The number of nitro groups is 1. The lowest BCUT2D eigenvalue weighted by molar-refractivity contribution is -0.384. The van der Waals surface area contributed by atoms with Crippen LogP contribution in [-0.2, 0) is 0 Å². The van der Waals surface area contributed by atoms with Crippen molar-refractivity contribution in [1.82, 2.24) is 4.98 Å². The number of carbonyl (C=O) groups is 1. The van der Waals surface area contributed by atoms with Gasteiger partial charge in [-0.15, -0.1) is 11.3 Å². The highest BCUT2D eigenvalue weighted by atomic mass is 32.1. The van der Waals surface area contributed by atoms with E-state index in [9.17, 15) is 14.9 Å². The summed E-state index contributed by atoms with van der Waals surface area (Å²) in [7, 11) is 0. The first kappa shape index (κ1) is 13.9. The molecule has 1 aromatic heterocycles. The van der Waals surface area contributed by atoms with Gasteiger partial charge in [0.2, 0.25) is 0 Å². The van der Waals surface area contributed by atoms with E-state index in [4.69, 9.17) is 5.11 Å². The Morgan fingerprint density at radius 1 is 1.55 bits per heavy atom. The molecule has 1 unspecified atom stereocenters. The van der Waals surface area contributed by atoms with Crippen molar-refractivity contribution in [3.63, 3.8) is 0 Å². The Morgan fingerprint density at radius 2 is 2.30 bits per heavy atom. The molecule has 0 fully saturated rings. The zero-order valence-corrected chi connectivity index (χ0v) is 11.3. The van der Waals surface area contributed by atoms with Crippen molar-refractivity contribution in [3.8, 4) is 0 Å². The molecular formula is C12H11N3O4S. The van der Waals surface area contributed by atoms with Gasteiger partial charge in [-0.1, -0.05) is 6.07 Å². The van der Waals surface area contributed by atoms with E-state index in [-0.39, 0.29) is 17.3 Å². The van der Waals surface area contributed by atoms with Crippen LogP contribution in [-0.4, -0.2) is 21.0 Å². The lowest BCUT2D eigenvalue weighted by atomic mass is 10.1. The van der Waals surface area contributed by atoms with Crippen LogP contribution < -0.4 is 5.32 Å². The average Bonchev–Trinajstić information content (AvgIpc) is 2.91. The van der Waals surface area contributed by atoms with Gasteiger partial charge >= 0.3 is 11.7 Å². The number of nitro benzene ring substituents is 1. The topological polar surface area (TPSA) is 105 Å². The molecule has 2 N–H and O–H groups in total. The van der Waals surface area contributed by atoms with Crippen molar-refractivity contribution in [3.05, 3.63) is 50.5 Å². The van der Waals surface area contributed by atoms with E-state index >= 15 is 0 Å². The van der Waals surface area contributed by atoms with Crippen LogP contribution in [0.1, 0.15) is 28.3 Å². The second kappa shape index (κ2) is 5.66.